The van der Waals surface area contributed by atoms with Gasteiger partial charge in [0.05, 0.1) is 35.7 Å². The number of nitro benzene ring substituents is 2. The van der Waals surface area contributed by atoms with Crippen molar-refractivity contribution in [2.75, 3.05) is 39.5 Å². The van der Waals surface area contributed by atoms with Crippen molar-refractivity contribution in [1.29, 1.82) is 0 Å². The van der Waals surface area contributed by atoms with Gasteiger partial charge in [-0.25, -0.2) is 0 Å². The first kappa shape index (κ1) is 24.7. The van der Waals surface area contributed by atoms with Crippen molar-refractivity contribution in [2.45, 2.75) is 38.0 Å². The third kappa shape index (κ3) is 7.89. The molecule has 2 rings (SSSR count). The van der Waals surface area contributed by atoms with E-state index in [0.717, 1.165) is 38.2 Å². The van der Waals surface area contributed by atoms with E-state index >= 15 is 0 Å². The SMILES string of the molecule is O=[N+]([O-])c1cc(C2CCCCC2)c(O)c([N+](=O)[O-])c1.OCCN(CCO)CCO. The average molecular weight is 415 g/mol. The van der Waals surface area contributed by atoms with Gasteiger partial charge in [-0.15, -0.1) is 0 Å². The summed E-state index contributed by atoms with van der Waals surface area (Å²) < 4.78 is 0. The summed E-state index contributed by atoms with van der Waals surface area (Å²) in [5.74, 6) is -0.463. The van der Waals surface area contributed by atoms with E-state index in [1.54, 1.807) is 4.90 Å². The van der Waals surface area contributed by atoms with Crippen LogP contribution in [0.25, 0.3) is 0 Å². The maximum Gasteiger partial charge on any atom is 0.317 e. The maximum atomic E-state index is 10.9. The summed E-state index contributed by atoms with van der Waals surface area (Å²) in [6.45, 7) is 1.75. The number of rotatable bonds is 9. The van der Waals surface area contributed by atoms with Gasteiger partial charge in [0, 0.05) is 31.3 Å². The largest absolute Gasteiger partial charge is 0.502 e. The Bertz CT molecular complexity index is 650. The highest BCUT2D eigenvalue weighted by molar-refractivity contribution is 5.58. The molecule has 4 N–H and O–H groups in total. The van der Waals surface area contributed by atoms with Crippen LogP contribution < -0.4 is 0 Å². The highest BCUT2D eigenvalue weighted by Crippen LogP contribution is 2.43. The first-order valence-electron chi connectivity index (χ1n) is 9.56. The molecular weight excluding hydrogens is 386 g/mol. The van der Waals surface area contributed by atoms with Crippen molar-refractivity contribution in [3.63, 3.8) is 0 Å². The molecule has 0 spiro atoms. The van der Waals surface area contributed by atoms with Crippen LogP contribution in [0.2, 0.25) is 0 Å². The molecule has 164 valence electrons. The number of non-ortho nitro benzene ring substituents is 1. The van der Waals surface area contributed by atoms with Gasteiger partial charge >= 0.3 is 5.69 Å². The summed E-state index contributed by atoms with van der Waals surface area (Å²) in [7, 11) is 0. The van der Waals surface area contributed by atoms with Gasteiger partial charge in [-0.2, -0.15) is 0 Å². The monoisotopic (exact) mass is 415 g/mol. The van der Waals surface area contributed by atoms with Gasteiger partial charge in [0.25, 0.3) is 5.69 Å². The summed E-state index contributed by atoms with van der Waals surface area (Å²) in [5.41, 5.74) is -0.597. The van der Waals surface area contributed by atoms with Crippen LogP contribution in [0.5, 0.6) is 5.75 Å². The molecule has 0 radical (unpaired) electrons. The summed E-state index contributed by atoms with van der Waals surface area (Å²) >= 11 is 0. The van der Waals surface area contributed by atoms with Crippen LogP contribution in [-0.4, -0.2) is 74.6 Å². The Kier molecular flexibility index (Phi) is 11.1. The smallest absolute Gasteiger partial charge is 0.317 e. The summed E-state index contributed by atoms with van der Waals surface area (Å²) in [6.07, 6.45) is 4.63. The number of aromatic hydroxyl groups is 1. The van der Waals surface area contributed by atoms with Crippen LogP contribution in [0.3, 0.4) is 0 Å². The van der Waals surface area contributed by atoms with E-state index in [0.29, 0.717) is 25.2 Å². The standard InChI is InChI=1S/C12H14N2O5.C6H15NO3/c15-12-10(8-4-2-1-3-5-8)6-9(13(16)17)7-11(12)14(18)19;8-4-1-7(2-5-9)3-6-10/h6-8,15H,1-5H2;8-10H,1-6H2. The molecule has 1 aliphatic rings. The molecule has 0 atom stereocenters. The van der Waals surface area contributed by atoms with Crippen molar-refractivity contribution in [3.05, 3.63) is 37.9 Å². The zero-order valence-corrected chi connectivity index (χ0v) is 16.3. The molecule has 29 heavy (non-hydrogen) atoms. The summed E-state index contributed by atoms with van der Waals surface area (Å²) in [6, 6.07) is 2.07. The fourth-order valence-corrected chi connectivity index (χ4v) is 3.35. The Morgan fingerprint density at radius 2 is 1.41 bits per heavy atom. The van der Waals surface area contributed by atoms with Crippen molar-refractivity contribution in [2.24, 2.45) is 0 Å². The van der Waals surface area contributed by atoms with Gasteiger partial charge in [-0.05, 0) is 18.8 Å². The molecule has 1 aromatic carbocycles. The summed E-state index contributed by atoms with van der Waals surface area (Å²) in [4.78, 5) is 22.0. The number of nitrogens with zero attached hydrogens (tertiary/aromatic N) is 3. The second kappa shape index (κ2) is 13.0. The summed E-state index contributed by atoms with van der Waals surface area (Å²) in [5, 5.41) is 57.1. The Morgan fingerprint density at radius 1 is 0.897 bits per heavy atom. The van der Waals surface area contributed by atoms with Gasteiger partial charge in [-0.3, -0.25) is 25.1 Å². The van der Waals surface area contributed by atoms with Crippen molar-refractivity contribution < 1.29 is 30.3 Å². The lowest BCUT2D eigenvalue weighted by atomic mass is 9.83. The van der Waals surface area contributed by atoms with Crippen LogP contribution in [0, 0.1) is 20.2 Å². The van der Waals surface area contributed by atoms with Crippen LogP contribution in [-0.2, 0) is 0 Å². The van der Waals surface area contributed by atoms with Gasteiger partial charge in [-0.1, -0.05) is 19.3 Å². The molecule has 1 aliphatic carbocycles. The predicted molar refractivity (Wildman–Crippen MR) is 105 cm³/mol. The first-order chi connectivity index (χ1) is 13.8. The molecule has 0 heterocycles. The van der Waals surface area contributed by atoms with Crippen molar-refractivity contribution >= 4 is 11.4 Å². The van der Waals surface area contributed by atoms with Gasteiger partial charge in [0.1, 0.15) is 0 Å². The maximum absolute atomic E-state index is 10.9. The van der Waals surface area contributed by atoms with Crippen molar-refractivity contribution in [3.8, 4) is 5.75 Å². The lowest BCUT2D eigenvalue weighted by Gasteiger charge is -2.22. The third-order valence-electron chi connectivity index (χ3n) is 4.81. The zero-order valence-electron chi connectivity index (χ0n) is 16.3. The second-order valence-electron chi connectivity index (χ2n) is 6.76. The molecule has 0 aromatic heterocycles. The number of aliphatic hydroxyl groups excluding tert-OH is 3. The quantitative estimate of drug-likeness (QED) is 0.345. The van der Waals surface area contributed by atoms with Crippen LogP contribution >= 0.6 is 0 Å². The number of phenols is 1. The van der Waals surface area contributed by atoms with Crippen LogP contribution in [0.1, 0.15) is 43.6 Å². The second-order valence-corrected chi connectivity index (χ2v) is 6.76. The third-order valence-corrected chi connectivity index (χ3v) is 4.81. The minimum absolute atomic E-state index is 0.0349. The Morgan fingerprint density at radius 3 is 1.83 bits per heavy atom. The van der Waals surface area contributed by atoms with Crippen LogP contribution in [0.15, 0.2) is 12.1 Å². The van der Waals surface area contributed by atoms with Crippen molar-refractivity contribution in [1.82, 2.24) is 4.90 Å². The predicted octanol–water partition coefficient (Wildman–Crippen LogP) is 1.52. The van der Waals surface area contributed by atoms with E-state index in [9.17, 15) is 25.3 Å². The Hall–Kier alpha value is -2.34. The van der Waals surface area contributed by atoms with Crippen LogP contribution in [0.4, 0.5) is 11.4 Å². The topological polar surface area (TPSA) is 170 Å². The van der Waals surface area contributed by atoms with Gasteiger partial charge in [0.15, 0.2) is 5.75 Å². The lowest BCUT2D eigenvalue weighted by Crippen LogP contribution is -2.32. The number of hydrogen-bond donors (Lipinski definition) is 4. The Labute approximate surface area is 168 Å². The number of phenolic OH excluding ortho intramolecular Hbond substituents is 1. The molecule has 1 aromatic rings. The number of aliphatic hydroxyl groups is 3. The molecule has 1 saturated carbocycles. The first-order valence-corrected chi connectivity index (χ1v) is 9.56. The lowest BCUT2D eigenvalue weighted by molar-refractivity contribution is -0.394. The number of nitro groups is 2. The number of benzene rings is 1. The highest BCUT2D eigenvalue weighted by atomic mass is 16.6. The number of hydrogen-bond acceptors (Lipinski definition) is 9. The van der Waals surface area contributed by atoms with E-state index in [1.165, 1.54) is 6.07 Å². The van der Waals surface area contributed by atoms with Gasteiger partial charge in [0.2, 0.25) is 0 Å². The molecule has 0 aliphatic heterocycles. The minimum atomic E-state index is -0.783. The molecular formula is C18H29N3O8. The minimum Gasteiger partial charge on any atom is -0.502 e. The molecule has 0 saturated heterocycles. The highest BCUT2D eigenvalue weighted by Gasteiger charge is 2.28. The van der Waals surface area contributed by atoms with E-state index in [-0.39, 0.29) is 31.4 Å². The average Bonchev–Trinajstić information content (AvgIpc) is 2.69. The zero-order chi connectivity index (χ0) is 21.8. The Balaban J connectivity index is 0.000000359. The molecule has 11 nitrogen and oxygen atoms in total. The molecule has 0 unspecified atom stereocenters. The van der Waals surface area contributed by atoms with E-state index in [2.05, 4.69) is 0 Å². The van der Waals surface area contributed by atoms with Gasteiger partial charge < -0.3 is 20.4 Å². The molecule has 1 fully saturated rings. The molecule has 0 amide bonds. The van der Waals surface area contributed by atoms with E-state index < -0.39 is 21.3 Å². The molecule has 0 bridgehead atoms. The fraction of sp³-hybridized carbons (Fsp3) is 0.667. The normalized spacial score (nSPS) is 14.3. The van der Waals surface area contributed by atoms with E-state index in [1.807, 2.05) is 0 Å². The van der Waals surface area contributed by atoms with E-state index in [4.69, 9.17) is 15.3 Å². The molecule has 11 heteroatoms. The fourth-order valence-electron chi connectivity index (χ4n) is 3.35.